The third-order valence-corrected chi connectivity index (χ3v) is 7.32. The maximum absolute atomic E-state index is 13.5. The van der Waals surface area contributed by atoms with E-state index in [4.69, 9.17) is 4.74 Å². The highest BCUT2D eigenvalue weighted by molar-refractivity contribution is 7.19. The first-order chi connectivity index (χ1) is 17.4. The number of nitriles is 1. The molecular formula is C25H24F2N6O2S. The number of hydrogen-bond donors (Lipinski definition) is 2. The molecule has 5 rings (SSSR count). The highest BCUT2D eigenvalue weighted by Gasteiger charge is 2.42. The Morgan fingerprint density at radius 1 is 1.31 bits per heavy atom. The van der Waals surface area contributed by atoms with Gasteiger partial charge in [0.25, 0.3) is 6.43 Å². The van der Waals surface area contributed by atoms with Crippen LogP contribution in [0.4, 0.5) is 18.7 Å². The molecule has 2 saturated heterocycles. The molecule has 8 nitrogen and oxygen atoms in total. The van der Waals surface area contributed by atoms with Crippen molar-refractivity contribution in [3.8, 4) is 27.8 Å². The molecule has 2 N–H and O–H groups in total. The Balaban J connectivity index is 1.48. The molecule has 1 atom stereocenters. The van der Waals surface area contributed by atoms with Crippen LogP contribution in [0.1, 0.15) is 29.8 Å². The number of nitrogens with one attached hydrogen (secondary N) is 2. The molecule has 0 saturated carbocycles. The monoisotopic (exact) mass is 510 g/mol. The van der Waals surface area contributed by atoms with E-state index in [-0.39, 0.29) is 17.3 Å². The summed E-state index contributed by atoms with van der Waals surface area (Å²) in [5.74, 6) is 0. The molecule has 36 heavy (non-hydrogen) atoms. The van der Waals surface area contributed by atoms with Gasteiger partial charge in [-0.1, -0.05) is 23.5 Å². The number of carbonyl (C=O) groups excluding carboxylic acids is 1. The number of alkyl halides is 2. The Bertz CT molecular complexity index is 1330. The summed E-state index contributed by atoms with van der Waals surface area (Å²) in [6.45, 7) is 4.80. The third-order valence-electron chi connectivity index (χ3n) is 6.30. The fourth-order valence-electron chi connectivity index (χ4n) is 4.60. The van der Waals surface area contributed by atoms with E-state index < -0.39 is 6.43 Å². The van der Waals surface area contributed by atoms with Crippen molar-refractivity contribution in [2.24, 2.45) is 0 Å². The maximum Gasteiger partial charge on any atom is 0.323 e. The van der Waals surface area contributed by atoms with Gasteiger partial charge in [0.2, 0.25) is 0 Å². The maximum atomic E-state index is 13.5. The van der Waals surface area contributed by atoms with Crippen LogP contribution in [-0.2, 0) is 4.74 Å². The lowest BCUT2D eigenvalue weighted by Gasteiger charge is -2.34. The first kappa shape index (κ1) is 24.2. The van der Waals surface area contributed by atoms with Crippen molar-refractivity contribution in [1.82, 2.24) is 20.2 Å². The van der Waals surface area contributed by atoms with Crippen LogP contribution in [0, 0.1) is 18.3 Å². The molecule has 2 amide bonds. The number of halogens is 2. The standard InChI is InChI=1S/C25H24F2N6O2S/c1-15-9-18(11-19(30-15)22(26)27)21-20(17-4-2-3-16(10-17)12-28)31-23(36-21)32-24(34)33-7-5-25(14-33)13-29-6-8-35-25/h2-4,9-11,22,29H,5-8,13-14H2,1H3,(H,31,32,34). The zero-order valence-electron chi connectivity index (χ0n) is 19.6. The summed E-state index contributed by atoms with van der Waals surface area (Å²) in [4.78, 5) is 24.0. The van der Waals surface area contributed by atoms with Gasteiger partial charge in [-0.2, -0.15) is 5.26 Å². The second kappa shape index (κ2) is 9.89. The summed E-state index contributed by atoms with van der Waals surface area (Å²) in [5, 5.41) is 15.9. The zero-order valence-corrected chi connectivity index (χ0v) is 20.4. The van der Waals surface area contributed by atoms with Crippen molar-refractivity contribution in [3.63, 3.8) is 0 Å². The number of rotatable bonds is 4. The van der Waals surface area contributed by atoms with Crippen molar-refractivity contribution in [2.45, 2.75) is 25.4 Å². The van der Waals surface area contributed by atoms with Gasteiger partial charge in [0, 0.05) is 30.9 Å². The number of morpholine rings is 1. The van der Waals surface area contributed by atoms with Crippen molar-refractivity contribution in [2.75, 3.05) is 38.1 Å². The van der Waals surface area contributed by atoms with Gasteiger partial charge in [0.15, 0.2) is 5.13 Å². The Labute approximate surface area is 210 Å². The van der Waals surface area contributed by atoms with Crippen LogP contribution in [0.5, 0.6) is 0 Å². The van der Waals surface area contributed by atoms with Crippen LogP contribution in [0.15, 0.2) is 36.4 Å². The summed E-state index contributed by atoms with van der Waals surface area (Å²) < 4.78 is 32.9. The predicted molar refractivity (Wildman–Crippen MR) is 132 cm³/mol. The quantitative estimate of drug-likeness (QED) is 0.532. The lowest BCUT2D eigenvalue weighted by atomic mass is 10.0. The van der Waals surface area contributed by atoms with E-state index in [9.17, 15) is 18.8 Å². The molecule has 2 aliphatic rings. The van der Waals surface area contributed by atoms with Gasteiger partial charge in [0.05, 0.1) is 41.0 Å². The second-order valence-corrected chi connectivity index (χ2v) is 9.92. The molecule has 1 aromatic carbocycles. The number of benzene rings is 1. The highest BCUT2D eigenvalue weighted by atomic mass is 32.1. The summed E-state index contributed by atoms with van der Waals surface area (Å²) >= 11 is 1.20. The molecule has 2 aliphatic heterocycles. The number of urea groups is 1. The molecule has 0 radical (unpaired) electrons. The molecule has 2 aromatic heterocycles. The number of thiazole rings is 1. The number of likely N-dealkylation sites (tertiary alicyclic amines) is 1. The van der Waals surface area contributed by atoms with Crippen LogP contribution < -0.4 is 10.6 Å². The number of aryl methyl sites for hydroxylation is 1. The van der Waals surface area contributed by atoms with Crippen LogP contribution in [0.25, 0.3) is 21.7 Å². The number of ether oxygens (including phenoxy) is 1. The average Bonchev–Trinajstić information content (AvgIpc) is 3.49. The fraction of sp³-hybridized carbons (Fsp3) is 0.360. The molecule has 1 unspecified atom stereocenters. The summed E-state index contributed by atoms with van der Waals surface area (Å²) in [7, 11) is 0. The molecule has 4 heterocycles. The molecule has 1 spiro atoms. The topological polar surface area (TPSA) is 103 Å². The minimum absolute atomic E-state index is 0.294. The molecule has 11 heteroatoms. The van der Waals surface area contributed by atoms with Crippen LogP contribution >= 0.6 is 11.3 Å². The normalized spacial score (nSPS) is 19.6. The summed E-state index contributed by atoms with van der Waals surface area (Å²) in [5.41, 5.74) is 1.86. The lowest BCUT2D eigenvalue weighted by Crippen LogP contribution is -2.52. The highest BCUT2D eigenvalue weighted by Crippen LogP contribution is 2.40. The zero-order chi connectivity index (χ0) is 25.3. The van der Waals surface area contributed by atoms with E-state index in [2.05, 4.69) is 26.7 Å². The van der Waals surface area contributed by atoms with Crippen molar-refractivity contribution >= 4 is 22.5 Å². The van der Waals surface area contributed by atoms with Gasteiger partial charge in [0.1, 0.15) is 5.69 Å². The van der Waals surface area contributed by atoms with E-state index in [0.29, 0.717) is 64.3 Å². The third kappa shape index (κ3) is 4.93. The van der Waals surface area contributed by atoms with Gasteiger partial charge in [-0.25, -0.2) is 18.6 Å². The van der Waals surface area contributed by atoms with Gasteiger partial charge in [-0.3, -0.25) is 10.3 Å². The predicted octanol–water partition coefficient (Wildman–Crippen LogP) is 4.59. The average molecular weight is 511 g/mol. The first-order valence-corrected chi connectivity index (χ1v) is 12.4. The van der Waals surface area contributed by atoms with E-state index in [1.54, 1.807) is 42.2 Å². The van der Waals surface area contributed by atoms with Gasteiger partial charge < -0.3 is 15.0 Å². The van der Waals surface area contributed by atoms with Crippen LogP contribution in [-0.4, -0.2) is 59.3 Å². The number of pyridine rings is 1. The Morgan fingerprint density at radius 2 is 2.17 bits per heavy atom. The molecule has 0 bridgehead atoms. The van der Waals surface area contributed by atoms with Gasteiger partial charge in [-0.15, -0.1) is 0 Å². The minimum atomic E-state index is -2.72. The van der Waals surface area contributed by atoms with Gasteiger partial charge >= 0.3 is 6.03 Å². The van der Waals surface area contributed by atoms with Crippen molar-refractivity contribution in [1.29, 1.82) is 5.26 Å². The van der Waals surface area contributed by atoms with Crippen LogP contribution in [0.2, 0.25) is 0 Å². The summed E-state index contributed by atoms with van der Waals surface area (Å²) in [6.07, 6.45) is -1.98. The number of anilines is 1. The number of amides is 2. The SMILES string of the molecule is Cc1cc(-c2sc(NC(=O)N3CCC4(CNCCO4)C3)nc2-c2cccc(C#N)c2)cc(C(F)F)n1. The molecular weight excluding hydrogens is 486 g/mol. The number of aromatic nitrogens is 2. The molecule has 0 aliphatic carbocycles. The smallest absolute Gasteiger partial charge is 0.323 e. The summed E-state index contributed by atoms with van der Waals surface area (Å²) in [6, 6.07) is 11.8. The lowest BCUT2D eigenvalue weighted by molar-refractivity contribution is -0.0551. The van der Waals surface area contributed by atoms with E-state index >= 15 is 0 Å². The fourth-order valence-corrected chi connectivity index (χ4v) is 5.56. The Hall–Kier alpha value is -3.46. The Morgan fingerprint density at radius 3 is 2.92 bits per heavy atom. The minimum Gasteiger partial charge on any atom is -0.370 e. The molecule has 3 aromatic rings. The number of nitrogens with zero attached hydrogens (tertiary/aromatic N) is 4. The van der Waals surface area contributed by atoms with Crippen molar-refractivity contribution < 1.29 is 18.3 Å². The second-order valence-electron chi connectivity index (χ2n) is 8.92. The first-order valence-electron chi connectivity index (χ1n) is 11.5. The van der Waals surface area contributed by atoms with E-state index in [0.717, 1.165) is 13.0 Å². The van der Waals surface area contributed by atoms with E-state index in [1.807, 2.05) is 0 Å². The largest absolute Gasteiger partial charge is 0.370 e. The van der Waals surface area contributed by atoms with E-state index in [1.165, 1.54) is 17.4 Å². The van der Waals surface area contributed by atoms with Crippen LogP contribution in [0.3, 0.4) is 0 Å². The van der Waals surface area contributed by atoms with Crippen molar-refractivity contribution in [3.05, 3.63) is 53.3 Å². The van der Waals surface area contributed by atoms with Gasteiger partial charge in [-0.05, 0) is 43.2 Å². The number of hydrogen-bond acceptors (Lipinski definition) is 7. The molecule has 2 fully saturated rings. The molecule has 186 valence electrons. The Kier molecular flexibility index (Phi) is 6.66. The number of carbonyl (C=O) groups is 1.